The maximum atomic E-state index is 5.81. The molecule has 0 aliphatic heterocycles. The van der Waals surface area contributed by atoms with Gasteiger partial charge in [-0.1, -0.05) is 42.5 Å². The summed E-state index contributed by atoms with van der Waals surface area (Å²) in [7, 11) is 0. The first-order valence-electron chi connectivity index (χ1n) is 6.69. The van der Waals surface area contributed by atoms with Gasteiger partial charge in [0.05, 0.1) is 0 Å². The van der Waals surface area contributed by atoms with Crippen molar-refractivity contribution in [2.24, 2.45) is 0 Å². The largest absolute Gasteiger partial charge is 0.439 e. The van der Waals surface area contributed by atoms with Crippen LogP contribution in [0, 0.1) is 0 Å². The molecule has 0 saturated carbocycles. The Morgan fingerprint density at radius 2 is 1.57 bits per heavy atom. The third-order valence-electron chi connectivity index (χ3n) is 3.14. The normalized spacial score (nSPS) is 10.3. The van der Waals surface area contributed by atoms with Crippen LogP contribution in [-0.4, -0.2) is 4.98 Å². The molecule has 1 heterocycles. The third kappa shape index (κ3) is 3.41. The van der Waals surface area contributed by atoms with E-state index in [0.29, 0.717) is 11.8 Å². The van der Waals surface area contributed by atoms with E-state index in [1.165, 1.54) is 5.56 Å². The van der Waals surface area contributed by atoms with Crippen LogP contribution in [0.25, 0.3) is 11.1 Å². The highest BCUT2D eigenvalue weighted by atomic mass is 35.5. The van der Waals surface area contributed by atoms with E-state index >= 15 is 0 Å². The fourth-order valence-corrected chi connectivity index (χ4v) is 2.22. The van der Waals surface area contributed by atoms with Gasteiger partial charge in [-0.3, -0.25) is 0 Å². The molecule has 0 spiro atoms. The van der Waals surface area contributed by atoms with Gasteiger partial charge in [0, 0.05) is 18.1 Å². The summed E-state index contributed by atoms with van der Waals surface area (Å²) in [6, 6.07) is 21.9. The van der Waals surface area contributed by atoms with E-state index in [1.807, 2.05) is 54.6 Å². The van der Waals surface area contributed by atoms with Gasteiger partial charge in [0.25, 0.3) is 0 Å². The molecule has 0 amide bonds. The van der Waals surface area contributed by atoms with Gasteiger partial charge in [-0.2, -0.15) is 0 Å². The summed E-state index contributed by atoms with van der Waals surface area (Å²) in [6.07, 6.45) is 1.70. The molecule has 104 valence electrons. The highest BCUT2D eigenvalue weighted by Crippen LogP contribution is 2.25. The molecule has 3 rings (SSSR count). The average Bonchev–Trinajstić information content (AvgIpc) is 2.56. The molecule has 21 heavy (non-hydrogen) atoms. The number of benzene rings is 2. The summed E-state index contributed by atoms with van der Waals surface area (Å²) >= 11 is 5.81. The molecule has 3 aromatic rings. The van der Waals surface area contributed by atoms with E-state index in [-0.39, 0.29) is 0 Å². The van der Waals surface area contributed by atoms with E-state index in [4.69, 9.17) is 16.3 Å². The van der Waals surface area contributed by atoms with Gasteiger partial charge >= 0.3 is 0 Å². The molecule has 1 aromatic heterocycles. The maximum absolute atomic E-state index is 5.81. The maximum Gasteiger partial charge on any atom is 0.219 e. The zero-order chi connectivity index (χ0) is 14.5. The lowest BCUT2D eigenvalue weighted by Gasteiger charge is -2.07. The van der Waals surface area contributed by atoms with Crippen LogP contribution in [0.2, 0.25) is 0 Å². The highest BCUT2D eigenvalue weighted by Gasteiger charge is 2.01. The molecule has 0 atom stereocenters. The van der Waals surface area contributed by atoms with Gasteiger partial charge in [0.2, 0.25) is 5.88 Å². The molecule has 0 saturated heterocycles. The molecule has 2 nitrogen and oxygen atoms in total. The SMILES string of the molecule is ClCc1ccnc(Oc2ccc(-c3ccccc3)cc2)c1. The molecule has 0 aliphatic rings. The average molecular weight is 296 g/mol. The number of hydrogen-bond acceptors (Lipinski definition) is 2. The standard InChI is InChI=1S/C18H14ClNO/c19-13-14-10-11-20-18(12-14)21-17-8-6-16(7-9-17)15-4-2-1-3-5-15/h1-12H,13H2. The zero-order valence-corrected chi connectivity index (χ0v) is 12.1. The molecular weight excluding hydrogens is 282 g/mol. The van der Waals surface area contributed by atoms with Gasteiger partial charge < -0.3 is 4.74 Å². The van der Waals surface area contributed by atoms with Crippen LogP contribution >= 0.6 is 11.6 Å². The minimum atomic E-state index is 0.450. The van der Waals surface area contributed by atoms with E-state index < -0.39 is 0 Å². The number of alkyl halides is 1. The number of nitrogens with zero attached hydrogens (tertiary/aromatic N) is 1. The Labute approximate surface area is 129 Å². The first-order valence-corrected chi connectivity index (χ1v) is 7.23. The van der Waals surface area contributed by atoms with Crippen molar-refractivity contribution < 1.29 is 4.74 Å². The number of pyridine rings is 1. The second-order valence-electron chi connectivity index (χ2n) is 4.63. The first kappa shape index (κ1) is 13.7. The predicted octanol–water partition coefficient (Wildman–Crippen LogP) is 5.28. The number of hydrogen-bond donors (Lipinski definition) is 0. The van der Waals surface area contributed by atoms with Crippen LogP contribution in [-0.2, 0) is 5.88 Å². The van der Waals surface area contributed by atoms with Gasteiger partial charge in [0.15, 0.2) is 0 Å². The molecule has 0 unspecified atom stereocenters. The first-order chi connectivity index (χ1) is 10.3. The van der Waals surface area contributed by atoms with Crippen molar-refractivity contribution in [3.63, 3.8) is 0 Å². The van der Waals surface area contributed by atoms with Crippen molar-refractivity contribution in [3.05, 3.63) is 78.5 Å². The van der Waals surface area contributed by atoms with E-state index in [1.54, 1.807) is 6.20 Å². The van der Waals surface area contributed by atoms with E-state index in [0.717, 1.165) is 16.9 Å². The summed E-state index contributed by atoms with van der Waals surface area (Å²) in [5.41, 5.74) is 3.33. The van der Waals surface area contributed by atoms with Gasteiger partial charge in [-0.05, 0) is 34.9 Å². The van der Waals surface area contributed by atoms with Crippen molar-refractivity contribution in [2.75, 3.05) is 0 Å². The summed E-state index contributed by atoms with van der Waals surface area (Å²) < 4.78 is 5.74. The lowest BCUT2D eigenvalue weighted by molar-refractivity contribution is 0.462. The third-order valence-corrected chi connectivity index (χ3v) is 3.45. The van der Waals surface area contributed by atoms with Crippen LogP contribution in [0.5, 0.6) is 11.6 Å². The number of aromatic nitrogens is 1. The molecule has 3 heteroatoms. The van der Waals surface area contributed by atoms with Crippen LogP contribution in [0.3, 0.4) is 0 Å². The Morgan fingerprint density at radius 1 is 0.857 bits per heavy atom. The Morgan fingerprint density at radius 3 is 2.29 bits per heavy atom. The molecule has 2 aromatic carbocycles. The molecule has 0 aliphatic carbocycles. The predicted molar refractivity (Wildman–Crippen MR) is 85.7 cm³/mol. The fraction of sp³-hybridized carbons (Fsp3) is 0.0556. The summed E-state index contributed by atoms with van der Waals surface area (Å²) in [4.78, 5) is 4.18. The topological polar surface area (TPSA) is 22.1 Å². The molecule has 0 N–H and O–H groups in total. The van der Waals surface area contributed by atoms with Crippen molar-refractivity contribution in [2.45, 2.75) is 5.88 Å². The van der Waals surface area contributed by atoms with Crippen molar-refractivity contribution in [1.29, 1.82) is 0 Å². The number of ether oxygens (including phenoxy) is 1. The number of halogens is 1. The Balaban J connectivity index is 1.78. The Kier molecular flexibility index (Phi) is 4.17. The summed E-state index contributed by atoms with van der Waals surface area (Å²) in [6.45, 7) is 0. The lowest BCUT2D eigenvalue weighted by atomic mass is 10.1. The molecular formula is C18H14ClNO. The van der Waals surface area contributed by atoms with Crippen LogP contribution in [0.4, 0.5) is 0 Å². The van der Waals surface area contributed by atoms with Crippen LogP contribution in [0.1, 0.15) is 5.56 Å². The second kappa shape index (κ2) is 6.42. The minimum absolute atomic E-state index is 0.450. The van der Waals surface area contributed by atoms with E-state index in [2.05, 4.69) is 17.1 Å². The van der Waals surface area contributed by atoms with Crippen molar-refractivity contribution >= 4 is 11.6 Å². The summed E-state index contributed by atoms with van der Waals surface area (Å²) in [5, 5.41) is 0. The number of rotatable bonds is 4. The fourth-order valence-electron chi connectivity index (χ4n) is 2.06. The van der Waals surface area contributed by atoms with Crippen LogP contribution < -0.4 is 4.74 Å². The highest BCUT2D eigenvalue weighted by molar-refractivity contribution is 6.17. The van der Waals surface area contributed by atoms with Crippen molar-refractivity contribution in [3.8, 4) is 22.8 Å². The molecule has 0 fully saturated rings. The zero-order valence-electron chi connectivity index (χ0n) is 11.4. The Hall–Kier alpha value is -2.32. The second-order valence-corrected chi connectivity index (χ2v) is 4.90. The van der Waals surface area contributed by atoms with Crippen LogP contribution in [0.15, 0.2) is 72.9 Å². The Bertz CT molecular complexity index is 711. The van der Waals surface area contributed by atoms with Gasteiger partial charge in [0.1, 0.15) is 5.75 Å². The molecule has 0 bridgehead atoms. The monoisotopic (exact) mass is 295 g/mol. The quantitative estimate of drug-likeness (QED) is 0.611. The van der Waals surface area contributed by atoms with Gasteiger partial charge in [-0.25, -0.2) is 4.98 Å². The molecule has 0 radical (unpaired) electrons. The minimum Gasteiger partial charge on any atom is -0.439 e. The van der Waals surface area contributed by atoms with Crippen molar-refractivity contribution in [1.82, 2.24) is 4.98 Å². The smallest absolute Gasteiger partial charge is 0.219 e. The van der Waals surface area contributed by atoms with E-state index in [9.17, 15) is 0 Å². The summed E-state index contributed by atoms with van der Waals surface area (Å²) in [5.74, 6) is 1.76. The lowest BCUT2D eigenvalue weighted by Crippen LogP contribution is -1.89. The van der Waals surface area contributed by atoms with Gasteiger partial charge in [-0.15, -0.1) is 11.6 Å².